The van der Waals surface area contributed by atoms with E-state index in [1.807, 2.05) is 30.3 Å². The number of carbonyl (C=O) groups excluding carboxylic acids is 2. The number of rotatable bonds is 8. The third kappa shape index (κ3) is 7.15. The second-order valence-electron chi connectivity index (χ2n) is 8.07. The van der Waals surface area contributed by atoms with Gasteiger partial charge in [0.25, 0.3) is 5.91 Å². The third-order valence-electron chi connectivity index (χ3n) is 5.33. The van der Waals surface area contributed by atoms with Gasteiger partial charge in [0.1, 0.15) is 5.25 Å². The maximum atomic E-state index is 13.3. The molecule has 0 radical (unpaired) electrons. The number of benzene rings is 4. The van der Waals surface area contributed by atoms with Gasteiger partial charge >= 0.3 is 0 Å². The molecule has 2 amide bonds. The summed E-state index contributed by atoms with van der Waals surface area (Å²) >= 11 is 13.4. The van der Waals surface area contributed by atoms with E-state index in [0.29, 0.717) is 22.0 Å². The Morgan fingerprint density at radius 3 is 2.00 bits per heavy atom. The van der Waals surface area contributed by atoms with Crippen molar-refractivity contribution in [1.29, 1.82) is 0 Å². The van der Waals surface area contributed by atoms with E-state index in [-0.39, 0.29) is 21.7 Å². The predicted octanol–water partition coefficient (Wildman–Crippen LogP) is 6.37. The van der Waals surface area contributed by atoms with E-state index in [0.717, 1.165) is 10.5 Å². The van der Waals surface area contributed by atoms with Gasteiger partial charge in [-0.1, -0.05) is 53.5 Å². The number of anilines is 2. The molecular weight excluding hydrogens is 565 g/mol. The maximum Gasteiger partial charge on any atom is 0.257 e. The van der Waals surface area contributed by atoms with Crippen LogP contribution in [0.25, 0.3) is 0 Å². The molecule has 0 saturated heterocycles. The van der Waals surface area contributed by atoms with Crippen LogP contribution >= 0.6 is 35.0 Å². The van der Waals surface area contributed by atoms with E-state index in [2.05, 4.69) is 10.6 Å². The minimum Gasteiger partial charge on any atom is -0.325 e. The van der Waals surface area contributed by atoms with Crippen LogP contribution in [0.4, 0.5) is 11.4 Å². The molecule has 0 heterocycles. The Balaban J connectivity index is 1.49. The quantitative estimate of drug-likeness (QED) is 0.208. The topological polar surface area (TPSA) is 118 Å². The fourth-order valence-electron chi connectivity index (χ4n) is 3.46. The lowest BCUT2D eigenvalue weighted by molar-refractivity contribution is -0.115. The van der Waals surface area contributed by atoms with Gasteiger partial charge in [-0.2, -0.15) is 0 Å². The normalized spacial score (nSPS) is 12.0. The maximum absolute atomic E-state index is 13.3. The van der Waals surface area contributed by atoms with Gasteiger partial charge in [0.05, 0.1) is 15.5 Å². The molecule has 4 aromatic carbocycles. The molecule has 0 aliphatic carbocycles. The Hall–Kier alpha value is -3.34. The standard InChI is InChI=1S/C27H21Cl2N3O4S2/c28-18-6-15-23(24(29)16-18)26(33)31-19-7-11-21(12-8-19)37-25(17-4-2-1-3-5-17)27(34)32-20-9-13-22(14-10-20)38(30,35)36/h1-16,25H,(H,31,33)(H,32,34)(H2,30,35,36). The highest BCUT2D eigenvalue weighted by Crippen LogP contribution is 2.37. The number of hydrogen-bond donors (Lipinski definition) is 3. The van der Waals surface area contributed by atoms with Gasteiger partial charge < -0.3 is 10.6 Å². The van der Waals surface area contributed by atoms with Crippen LogP contribution in [0.3, 0.4) is 0 Å². The molecule has 11 heteroatoms. The van der Waals surface area contributed by atoms with Crippen molar-refractivity contribution in [2.45, 2.75) is 15.0 Å². The zero-order chi connectivity index (χ0) is 27.3. The van der Waals surface area contributed by atoms with Gasteiger partial charge in [-0.05, 0) is 72.3 Å². The fraction of sp³-hybridized carbons (Fsp3) is 0.0370. The highest BCUT2D eigenvalue weighted by atomic mass is 35.5. The highest BCUT2D eigenvalue weighted by Gasteiger charge is 2.22. The number of hydrogen-bond acceptors (Lipinski definition) is 5. The number of halogens is 2. The number of primary sulfonamides is 1. The second-order valence-corrected chi connectivity index (χ2v) is 11.7. The van der Waals surface area contributed by atoms with Gasteiger partial charge in [0.15, 0.2) is 0 Å². The zero-order valence-corrected chi connectivity index (χ0v) is 22.7. The molecular formula is C27H21Cl2N3O4S2. The molecule has 194 valence electrons. The molecule has 0 fully saturated rings. The Bertz CT molecular complexity index is 1560. The Morgan fingerprint density at radius 2 is 1.39 bits per heavy atom. The van der Waals surface area contributed by atoms with Gasteiger partial charge in [-0.15, -0.1) is 11.8 Å². The molecule has 4 N–H and O–H groups in total. The number of amides is 2. The van der Waals surface area contributed by atoms with E-state index in [1.54, 1.807) is 36.4 Å². The van der Waals surface area contributed by atoms with E-state index >= 15 is 0 Å². The average Bonchev–Trinajstić information content (AvgIpc) is 2.88. The highest BCUT2D eigenvalue weighted by molar-refractivity contribution is 8.00. The lowest BCUT2D eigenvalue weighted by Crippen LogP contribution is -2.19. The lowest BCUT2D eigenvalue weighted by atomic mass is 10.1. The Kier molecular flexibility index (Phi) is 8.76. The van der Waals surface area contributed by atoms with Crippen molar-refractivity contribution in [3.8, 4) is 0 Å². The summed E-state index contributed by atoms with van der Waals surface area (Å²) < 4.78 is 23.0. The summed E-state index contributed by atoms with van der Waals surface area (Å²) in [6.07, 6.45) is 0. The molecule has 0 aromatic heterocycles. The first-order valence-electron chi connectivity index (χ1n) is 11.1. The molecule has 1 atom stereocenters. The van der Waals surface area contributed by atoms with Crippen molar-refractivity contribution in [1.82, 2.24) is 0 Å². The van der Waals surface area contributed by atoms with Gasteiger partial charge in [-0.25, -0.2) is 13.6 Å². The largest absolute Gasteiger partial charge is 0.325 e. The minimum atomic E-state index is -3.83. The molecule has 4 aromatic rings. The van der Waals surface area contributed by atoms with E-state index in [1.165, 1.54) is 42.1 Å². The molecule has 0 aliphatic rings. The Labute approximate surface area is 234 Å². The molecule has 38 heavy (non-hydrogen) atoms. The van der Waals surface area contributed by atoms with Crippen molar-refractivity contribution in [2.75, 3.05) is 10.6 Å². The van der Waals surface area contributed by atoms with Crippen LogP contribution in [0.5, 0.6) is 0 Å². The minimum absolute atomic E-state index is 0.0463. The van der Waals surface area contributed by atoms with Crippen LogP contribution in [0.15, 0.2) is 107 Å². The van der Waals surface area contributed by atoms with Gasteiger partial charge in [0, 0.05) is 21.3 Å². The summed E-state index contributed by atoms with van der Waals surface area (Å²) in [5.41, 5.74) is 2.07. The lowest BCUT2D eigenvalue weighted by Gasteiger charge is -2.17. The molecule has 4 rings (SSSR count). The number of thioether (sulfide) groups is 1. The average molecular weight is 587 g/mol. The number of carbonyl (C=O) groups is 2. The van der Waals surface area contributed by atoms with Gasteiger partial charge in [-0.3, -0.25) is 9.59 Å². The fourth-order valence-corrected chi connectivity index (χ4v) is 5.50. The van der Waals surface area contributed by atoms with Crippen molar-refractivity contribution in [3.63, 3.8) is 0 Å². The molecule has 0 aliphatic heterocycles. The molecule has 0 spiro atoms. The third-order valence-corrected chi connectivity index (χ3v) is 8.08. The Morgan fingerprint density at radius 1 is 0.789 bits per heavy atom. The summed E-state index contributed by atoms with van der Waals surface area (Å²) in [7, 11) is -3.83. The molecule has 7 nitrogen and oxygen atoms in total. The van der Waals surface area contributed by atoms with E-state index < -0.39 is 15.3 Å². The van der Waals surface area contributed by atoms with Crippen molar-refractivity contribution in [3.05, 3.63) is 118 Å². The van der Waals surface area contributed by atoms with Crippen LogP contribution in [-0.4, -0.2) is 20.2 Å². The molecule has 1 unspecified atom stereocenters. The van der Waals surface area contributed by atoms with E-state index in [9.17, 15) is 18.0 Å². The zero-order valence-electron chi connectivity index (χ0n) is 19.6. The summed E-state index contributed by atoms with van der Waals surface area (Å²) in [6, 6.07) is 26.6. The summed E-state index contributed by atoms with van der Waals surface area (Å²) in [5.74, 6) is -0.665. The second kappa shape index (κ2) is 12.0. The first-order chi connectivity index (χ1) is 18.1. The van der Waals surface area contributed by atoms with Crippen LogP contribution < -0.4 is 15.8 Å². The number of nitrogens with one attached hydrogen (secondary N) is 2. The predicted molar refractivity (Wildman–Crippen MR) is 152 cm³/mol. The smallest absolute Gasteiger partial charge is 0.257 e. The molecule has 0 saturated carbocycles. The summed E-state index contributed by atoms with van der Waals surface area (Å²) in [6.45, 7) is 0. The summed E-state index contributed by atoms with van der Waals surface area (Å²) in [5, 5.41) is 10.8. The van der Waals surface area contributed by atoms with E-state index in [4.69, 9.17) is 28.3 Å². The van der Waals surface area contributed by atoms with Crippen molar-refractivity contribution in [2.24, 2.45) is 5.14 Å². The van der Waals surface area contributed by atoms with Crippen LogP contribution in [0.1, 0.15) is 21.2 Å². The van der Waals surface area contributed by atoms with Crippen LogP contribution in [0, 0.1) is 0 Å². The van der Waals surface area contributed by atoms with Crippen molar-refractivity contribution >= 4 is 68.2 Å². The number of nitrogens with two attached hydrogens (primary N) is 1. The van der Waals surface area contributed by atoms with Crippen molar-refractivity contribution < 1.29 is 18.0 Å². The molecule has 0 bridgehead atoms. The van der Waals surface area contributed by atoms with Gasteiger partial charge in [0.2, 0.25) is 15.9 Å². The monoisotopic (exact) mass is 585 g/mol. The van der Waals surface area contributed by atoms with Crippen LogP contribution in [0.2, 0.25) is 10.0 Å². The number of sulfonamides is 1. The SMILES string of the molecule is NS(=O)(=O)c1ccc(NC(=O)C(Sc2ccc(NC(=O)c3ccc(Cl)cc3Cl)cc2)c2ccccc2)cc1. The first kappa shape index (κ1) is 27.7. The first-order valence-corrected chi connectivity index (χ1v) is 14.3. The van der Waals surface area contributed by atoms with Crippen LogP contribution in [-0.2, 0) is 14.8 Å². The summed E-state index contributed by atoms with van der Waals surface area (Å²) in [4.78, 5) is 26.6.